The van der Waals surface area contributed by atoms with Gasteiger partial charge in [0, 0.05) is 6.54 Å². The zero-order valence-corrected chi connectivity index (χ0v) is 10.7. The number of hydrogen-bond acceptors (Lipinski definition) is 2. The Morgan fingerprint density at radius 1 is 1.33 bits per heavy atom. The molecule has 0 amide bonds. The third-order valence-corrected chi connectivity index (χ3v) is 4.11. The van der Waals surface area contributed by atoms with Crippen LogP contribution in [0.3, 0.4) is 0 Å². The molecule has 0 radical (unpaired) electrons. The van der Waals surface area contributed by atoms with Gasteiger partial charge in [0.25, 0.3) is 0 Å². The average Bonchev–Trinajstić information content (AvgIpc) is 2.32. The van der Waals surface area contributed by atoms with Gasteiger partial charge in [-0.05, 0) is 24.6 Å². The highest BCUT2D eigenvalue weighted by molar-refractivity contribution is 7.89. The van der Waals surface area contributed by atoms with Crippen LogP contribution >= 0.6 is 0 Å². The number of terminal acetylenes is 1. The SMILES string of the molecule is C#CCN(CCC)S(=O)(=O)c1ccc(F)c(F)c1. The minimum Gasteiger partial charge on any atom is -0.207 e. The summed E-state index contributed by atoms with van der Waals surface area (Å²) in [6.07, 6.45) is 5.67. The summed E-state index contributed by atoms with van der Waals surface area (Å²) in [6.45, 7) is 1.92. The predicted octanol–water partition coefficient (Wildman–Crippen LogP) is 2.00. The molecular weight excluding hydrogens is 260 g/mol. The second-order valence-electron chi connectivity index (χ2n) is 3.62. The number of sulfonamides is 1. The van der Waals surface area contributed by atoms with Crippen molar-refractivity contribution in [3.63, 3.8) is 0 Å². The molecule has 0 N–H and O–H groups in total. The van der Waals surface area contributed by atoms with E-state index in [0.717, 1.165) is 16.4 Å². The van der Waals surface area contributed by atoms with E-state index in [1.165, 1.54) is 0 Å². The molecule has 3 nitrogen and oxygen atoms in total. The van der Waals surface area contributed by atoms with Crippen molar-refractivity contribution in [2.45, 2.75) is 18.2 Å². The second kappa shape index (κ2) is 5.94. The highest BCUT2D eigenvalue weighted by atomic mass is 32.2. The Hall–Kier alpha value is -1.45. The van der Waals surface area contributed by atoms with Crippen molar-refractivity contribution >= 4 is 10.0 Å². The van der Waals surface area contributed by atoms with E-state index in [4.69, 9.17) is 6.42 Å². The van der Waals surface area contributed by atoms with E-state index >= 15 is 0 Å². The molecule has 0 aromatic heterocycles. The number of benzene rings is 1. The summed E-state index contributed by atoms with van der Waals surface area (Å²) in [5, 5.41) is 0. The van der Waals surface area contributed by atoms with Crippen molar-refractivity contribution in [1.29, 1.82) is 0 Å². The molecular formula is C12H13F2NO2S. The minimum absolute atomic E-state index is 0.102. The van der Waals surface area contributed by atoms with Crippen LogP contribution in [-0.2, 0) is 10.0 Å². The third-order valence-electron chi connectivity index (χ3n) is 2.27. The van der Waals surface area contributed by atoms with Gasteiger partial charge in [-0.3, -0.25) is 0 Å². The lowest BCUT2D eigenvalue weighted by molar-refractivity contribution is 0.444. The summed E-state index contributed by atoms with van der Waals surface area (Å²) in [5.41, 5.74) is 0. The standard InChI is InChI=1S/C12H13F2NO2S/c1-3-7-15(8-4-2)18(16,17)10-5-6-11(13)12(14)9-10/h1,5-6,9H,4,7-8H2,2H3. The highest BCUT2D eigenvalue weighted by Crippen LogP contribution is 2.18. The molecule has 0 fully saturated rings. The van der Waals surface area contributed by atoms with Crippen LogP contribution < -0.4 is 0 Å². The van der Waals surface area contributed by atoms with Crippen molar-refractivity contribution in [1.82, 2.24) is 4.31 Å². The molecule has 0 unspecified atom stereocenters. The Labute approximate surface area is 105 Å². The molecule has 1 rings (SSSR count). The van der Waals surface area contributed by atoms with Crippen LogP contribution in [-0.4, -0.2) is 25.8 Å². The molecule has 0 spiro atoms. The Bertz CT molecular complexity index is 564. The maximum Gasteiger partial charge on any atom is 0.244 e. The number of nitrogens with zero attached hydrogens (tertiary/aromatic N) is 1. The Kier molecular flexibility index (Phi) is 4.82. The Balaban J connectivity index is 3.18. The molecule has 18 heavy (non-hydrogen) atoms. The predicted molar refractivity (Wildman–Crippen MR) is 64.2 cm³/mol. The van der Waals surface area contributed by atoms with E-state index in [1.54, 1.807) is 6.92 Å². The smallest absolute Gasteiger partial charge is 0.207 e. The van der Waals surface area contributed by atoms with Gasteiger partial charge in [-0.2, -0.15) is 4.31 Å². The van der Waals surface area contributed by atoms with Crippen LogP contribution in [0.15, 0.2) is 23.1 Å². The molecule has 0 heterocycles. The lowest BCUT2D eigenvalue weighted by atomic mass is 10.3. The summed E-state index contributed by atoms with van der Waals surface area (Å²) in [5.74, 6) is -0.0572. The lowest BCUT2D eigenvalue weighted by Crippen LogP contribution is -2.32. The normalized spacial score (nSPS) is 11.5. The monoisotopic (exact) mass is 273 g/mol. The van der Waals surface area contributed by atoms with Gasteiger partial charge in [-0.15, -0.1) is 6.42 Å². The molecule has 1 aromatic rings. The largest absolute Gasteiger partial charge is 0.244 e. The summed E-state index contributed by atoms with van der Waals surface area (Å²) in [7, 11) is -3.88. The van der Waals surface area contributed by atoms with Crippen LogP contribution in [0.4, 0.5) is 8.78 Å². The van der Waals surface area contributed by atoms with Crippen molar-refractivity contribution in [2.24, 2.45) is 0 Å². The average molecular weight is 273 g/mol. The lowest BCUT2D eigenvalue weighted by Gasteiger charge is -2.19. The summed E-state index contributed by atoms with van der Waals surface area (Å²) in [4.78, 5) is -0.301. The molecule has 0 atom stereocenters. The van der Waals surface area contributed by atoms with Crippen LogP contribution in [0.5, 0.6) is 0 Å². The van der Waals surface area contributed by atoms with Crippen molar-refractivity contribution in [3.8, 4) is 12.3 Å². The highest BCUT2D eigenvalue weighted by Gasteiger charge is 2.24. The fourth-order valence-corrected chi connectivity index (χ4v) is 2.88. The van der Waals surface area contributed by atoms with Gasteiger partial charge in [0.1, 0.15) is 0 Å². The second-order valence-corrected chi connectivity index (χ2v) is 5.56. The first-order valence-corrected chi connectivity index (χ1v) is 6.76. The van der Waals surface area contributed by atoms with E-state index < -0.39 is 21.7 Å². The molecule has 1 aromatic carbocycles. The summed E-state index contributed by atoms with van der Waals surface area (Å²) < 4.78 is 51.1. The van der Waals surface area contributed by atoms with Gasteiger partial charge in [0.15, 0.2) is 11.6 Å². The number of hydrogen-bond donors (Lipinski definition) is 0. The van der Waals surface area contributed by atoms with Crippen molar-refractivity contribution in [2.75, 3.05) is 13.1 Å². The zero-order chi connectivity index (χ0) is 13.8. The number of halogens is 2. The molecule has 0 aliphatic heterocycles. The van der Waals surface area contributed by atoms with E-state index in [2.05, 4.69) is 5.92 Å². The van der Waals surface area contributed by atoms with Crippen molar-refractivity contribution < 1.29 is 17.2 Å². The topological polar surface area (TPSA) is 37.4 Å². The van der Waals surface area contributed by atoms with Gasteiger partial charge in [0.2, 0.25) is 10.0 Å². The van der Waals surface area contributed by atoms with Crippen molar-refractivity contribution in [3.05, 3.63) is 29.8 Å². The maximum absolute atomic E-state index is 13.0. The first-order valence-electron chi connectivity index (χ1n) is 5.32. The van der Waals surface area contributed by atoms with Gasteiger partial charge in [0.05, 0.1) is 11.4 Å². The van der Waals surface area contributed by atoms with Gasteiger partial charge in [-0.1, -0.05) is 12.8 Å². The number of rotatable bonds is 5. The summed E-state index contributed by atoms with van der Waals surface area (Å²) >= 11 is 0. The fraction of sp³-hybridized carbons (Fsp3) is 0.333. The van der Waals surface area contributed by atoms with Crippen LogP contribution in [0.2, 0.25) is 0 Å². The van der Waals surface area contributed by atoms with Crippen LogP contribution in [0, 0.1) is 24.0 Å². The van der Waals surface area contributed by atoms with E-state index in [1.807, 2.05) is 0 Å². The molecule has 0 aliphatic rings. The first kappa shape index (κ1) is 14.6. The minimum atomic E-state index is -3.88. The molecule has 6 heteroatoms. The Morgan fingerprint density at radius 2 is 2.00 bits per heavy atom. The third kappa shape index (κ3) is 3.06. The quantitative estimate of drug-likeness (QED) is 0.769. The zero-order valence-electron chi connectivity index (χ0n) is 9.86. The van der Waals surface area contributed by atoms with Crippen LogP contribution in [0.1, 0.15) is 13.3 Å². The van der Waals surface area contributed by atoms with Gasteiger partial charge >= 0.3 is 0 Å². The van der Waals surface area contributed by atoms with E-state index in [9.17, 15) is 17.2 Å². The van der Waals surface area contributed by atoms with Crippen LogP contribution in [0.25, 0.3) is 0 Å². The molecule has 98 valence electrons. The first-order chi connectivity index (χ1) is 8.43. The van der Waals surface area contributed by atoms with Gasteiger partial charge in [-0.25, -0.2) is 17.2 Å². The van der Waals surface area contributed by atoms with Gasteiger partial charge < -0.3 is 0 Å². The molecule has 0 aliphatic carbocycles. The van der Waals surface area contributed by atoms with E-state index in [0.29, 0.717) is 12.5 Å². The molecule has 0 saturated heterocycles. The maximum atomic E-state index is 13.0. The summed E-state index contributed by atoms with van der Waals surface area (Å²) in [6, 6.07) is 2.46. The molecule has 0 bridgehead atoms. The van der Waals surface area contributed by atoms with E-state index in [-0.39, 0.29) is 18.0 Å². The fourth-order valence-electron chi connectivity index (χ4n) is 1.42. The Morgan fingerprint density at radius 3 is 2.50 bits per heavy atom. The molecule has 0 saturated carbocycles.